The van der Waals surface area contributed by atoms with E-state index in [4.69, 9.17) is 10.4 Å². The third-order valence-electron chi connectivity index (χ3n) is 1.89. The topological polar surface area (TPSA) is 47.3 Å². The molecule has 0 fully saturated rings. The van der Waals surface area contributed by atoms with Gasteiger partial charge >= 0.3 is 0 Å². The van der Waals surface area contributed by atoms with Crippen molar-refractivity contribution in [3.05, 3.63) is 28.2 Å². The van der Waals surface area contributed by atoms with Gasteiger partial charge in [-0.05, 0) is 18.2 Å². The molecule has 74 valence electrons. The summed E-state index contributed by atoms with van der Waals surface area (Å²) in [6, 6.07) is 7.55. The molecule has 0 radical (unpaired) electrons. The number of benzene rings is 1. The second kappa shape index (κ2) is 4.99. The molecule has 0 aliphatic rings. The Hall–Kier alpha value is -1.05. The van der Waals surface area contributed by atoms with Crippen molar-refractivity contribution in [2.24, 2.45) is 0 Å². The lowest BCUT2D eigenvalue weighted by molar-refractivity contribution is 0.304. The molecule has 0 aliphatic heterocycles. The number of nitriles is 1. The highest BCUT2D eigenvalue weighted by Gasteiger charge is 2.03. The monoisotopic (exact) mass is 254 g/mol. The molecule has 0 aliphatic carbocycles. The minimum atomic E-state index is 0.102. The van der Waals surface area contributed by atoms with Gasteiger partial charge in [-0.15, -0.1) is 0 Å². The summed E-state index contributed by atoms with van der Waals surface area (Å²) < 4.78 is 0.872. The van der Waals surface area contributed by atoms with E-state index in [0.29, 0.717) is 12.1 Å². The molecule has 1 rings (SSSR count). The quantitative estimate of drug-likeness (QED) is 0.895. The van der Waals surface area contributed by atoms with Crippen molar-refractivity contribution in [1.29, 1.82) is 5.26 Å². The Morgan fingerprint density at radius 2 is 2.21 bits per heavy atom. The Kier molecular flexibility index (Phi) is 3.93. The van der Waals surface area contributed by atoms with Crippen LogP contribution in [0, 0.1) is 11.3 Å². The van der Waals surface area contributed by atoms with Gasteiger partial charge in [0.05, 0.1) is 18.2 Å². The fraction of sp³-hybridized carbons (Fsp3) is 0.300. The van der Waals surface area contributed by atoms with Crippen LogP contribution in [-0.2, 0) is 0 Å². The van der Waals surface area contributed by atoms with E-state index in [9.17, 15) is 0 Å². The van der Waals surface area contributed by atoms with Crippen LogP contribution in [0.4, 0.5) is 5.69 Å². The number of nitrogens with zero attached hydrogens (tertiary/aromatic N) is 2. The van der Waals surface area contributed by atoms with Crippen LogP contribution in [0.1, 0.15) is 5.56 Å². The summed E-state index contributed by atoms with van der Waals surface area (Å²) in [6.45, 7) is 0.659. The van der Waals surface area contributed by atoms with Gasteiger partial charge in [0, 0.05) is 23.8 Å². The highest BCUT2D eigenvalue weighted by Crippen LogP contribution is 2.21. The minimum Gasteiger partial charge on any atom is -0.395 e. The molecule has 0 spiro atoms. The summed E-state index contributed by atoms with van der Waals surface area (Å²) >= 11 is 3.33. The van der Waals surface area contributed by atoms with Gasteiger partial charge in [-0.2, -0.15) is 5.26 Å². The summed E-state index contributed by atoms with van der Waals surface area (Å²) in [5, 5.41) is 17.5. The van der Waals surface area contributed by atoms with Crippen LogP contribution in [0.25, 0.3) is 0 Å². The lowest BCUT2D eigenvalue weighted by Crippen LogP contribution is -2.21. The number of hydrogen-bond donors (Lipinski definition) is 1. The van der Waals surface area contributed by atoms with Crippen LogP contribution < -0.4 is 4.90 Å². The number of halogens is 1. The third-order valence-corrected chi connectivity index (χ3v) is 2.35. The SMILES string of the molecule is CN(CCO)c1cc(Br)cc(C#N)c1. The van der Waals surface area contributed by atoms with E-state index in [1.54, 1.807) is 12.1 Å². The molecule has 1 N–H and O–H groups in total. The number of aliphatic hydroxyl groups excluding tert-OH is 1. The maximum absolute atomic E-state index is 8.78. The van der Waals surface area contributed by atoms with Crippen LogP contribution in [0.5, 0.6) is 0 Å². The van der Waals surface area contributed by atoms with Crippen LogP contribution in [0.2, 0.25) is 0 Å². The molecule has 0 aromatic heterocycles. The minimum absolute atomic E-state index is 0.102. The maximum atomic E-state index is 8.78. The zero-order valence-corrected chi connectivity index (χ0v) is 9.45. The van der Waals surface area contributed by atoms with Crippen molar-refractivity contribution in [3.8, 4) is 6.07 Å². The van der Waals surface area contributed by atoms with Gasteiger partial charge in [0.25, 0.3) is 0 Å². The molecule has 0 saturated heterocycles. The number of anilines is 1. The van der Waals surface area contributed by atoms with Crippen LogP contribution in [0.15, 0.2) is 22.7 Å². The third kappa shape index (κ3) is 2.72. The summed E-state index contributed by atoms with van der Waals surface area (Å²) in [7, 11) is 1.87. The first kappa shape index (κ1) is 11.0. The van der Waals surface area contributed by atoms with Gasteiger partial charge in [0.2, 0.25) is 0 Å². The molecule has 0 atom stereocenters. The average molecular weight is 255 g/mol. The Balaban J connectivity index is 2.98. The van der Waals surface area contributed by atoms with Crippen molar-refractivity contribution >= 4 is 21.6 Å². The maximum Gasteiger partial charge on any atom is 0.0992 e. The summed E-state index contributed by atoms with van der Waals surface area (Å²) in [5.41, 5.74) is 1.53. The van der Waals surface area contributed by atoms with Crippen molar-refractivity contribution in [1.82, 2.24) is 0 Å². The number of likely N-dealkylation sites (N-methyl/N-ethyl adjacent to an activating group) is 1. The highest BCUT2D eigenvalue weighted by molar-refractivity contribution is 9.10. The van der Waals surface area contributed by atoms with Crippen molar-refractivity contribution in [3.63, 3.8) is 0 Å². The van der Waals surface area contributed by atoms with E-state index in [0.717, 1.165) is 10.2 Å². The highest BCUT2D eigenvalue weighted by atomic mass is 79.9. The molecule has 1 aromatic rings. The molecule has 14 heavy (non-hydrogen) atoms. The zero-order valence-electron chi connectivity index (χ0n) is 7.87. The second-order valence-electron chi connectivity index (χ2n) is 2.96. The Bertz CT molecular complexity index is 360. The van der Waals surface area contributed by atoms with Crippen LogP contribution >= 0.6 is 15.9 Å². The van der Waals surface area contributed by atoms with Gasteiger partial charge in [-0.1, -0.05) is 15.9 Å². The van der Waals surface area contributed by atoms with Gasteiger partial charge in [0.1, 0.15) is 0 Å². The molecule has 0 bridgehead atoms. The predicted molar refractivity (Wildman–Crippen MR) is 59.2 cm³/mol. The van der Waals surface area contributed by atoms with E-state index >= 15 is 0 Å². The largest absolute Gasteiger partial charge is 0.395 e. The Morgan fingerprint density at radius 1 is 1.50 bits per heavy atom. The summed E-state index contributed by atoms with van der Waals surface area (Å²) in [6.07, 6.45) is 0. The van der Waals surface area contributed by atoms with E-state index in [-0.39, 0.29) is 6.61 Å². The van der Waals surface area contributed by atoms with Gasteiger partial charge < -0.3 is 10.0 Å². The molecule has 0 saturated carbocycles. The number of aliphatic hydroxyl groups is 1. The van der Waals surface area contributed by atoms with Crippen molar-refractivity contribution in [2.45, 2.75) is 0 Å². The number of rotatable bonds is 3. The van der Waals surface area contributed by atoms with Gasteiger partial charge in [-0.25, -0.2) is 0 Å². The average Bonchev–Trinajstić information content (AvgIpc) is 2.17. The lowest BCUT2D eigenvalue weighted by atomic mass is 10.2. The molecule has 1 aromatic carbocycles. The molecule has 0 amide bonds. The fourth-order valence-electron chi connectivity index (χ4n) is 1.14. The van der Waals surface area contributed by atoms with Gasteiger partial charge in [0.15, 0.2) is 0 Å². The van der Waals surface area contributed by atoms with E-state index < -0.39 is 0 Å². The second-order valence-corrected chi connectivity index (χ2v) is 3.87. The fourth-order valence-corrected chi connectivity index (χ4v) is 1.62. The molecule has 0 unspecified atom stereocenters. The Morgan fingerprint density at radius 3 is 2.79 bits per heavy atom. The first-order valence-corrected chi connectivity index (χ1v) is 4.99. The standard InChI is InChI=1S/C10H11BrN2O/c1-13(2-3-14)10-5-8(7-12)4-9(11)6-10/h4-6,14H,2-3H2,1H3. The first-order chi connectivity index (χ1) is 6.67. The smallest absolute Gasteiger partial charge is 0.0992 e. The van der Waals surface area contributed by atoms with Gasteiger partial charge in [-0.3, -0.25) is 0 Å². The molecular weight excluding hydrogens is 244 g/mol. The van der Waals surface area contributed by atoms with Crippen LogP contribution in [0.3, 0.4) is 0 Å². The summed E-state index contributed by atoms with van der Waals surface area (Å²) in [4.78, 5) is 1.89. The van der Waals surface area contributed by atoms with E-state index in [1.165, 1.54) is 0 Å². The molecule has 3 nitrogen and oxygen atoms in total. The predicted octanol–water partition coefficient (Wildman–Crippen LogP) is 1.75. The first-order valence-electron chi connectivity index (χ1n) is 4.20. The van der Waals surface area contributed by atoms with Crippen molar-refractivity contribution in [2.75, 3.05) is 25.1 Å². The summed E-state index contributed by atoms with van der Waals surface area (Å²) in [5.74, 6) is 0. The lowest BCUT2D eigenvalue weighted by Gasteiger charge is -2.18. The zero-order chi connectivity index (χ0) is 10.6. The number of hydrogen-bond acceptors (Lipinski definition) is 3. The van der Waals surface area contributed by atoms with E-state index in [2.05, 4.69) is 22.0 Å². The van der Waals surface area contributed by atoms with Crippen molar-refractivity contribution < 1.29 is 5.11 Å². The van der Waals surface area contributed by atoms with Crippen LogP contribution in [-0.4, -0.2) is 25.3 Å². The molecular formula is C10H11BrN2O. The normalized spacial score (nSPS) is 9.57. The Labute approximate surface area is 91.7 Å². The van der Waals surface area contributed by atoms with E-state index in [1.807, 2.05) is 18.0 Å². The molecule has 4 heteroatoms. The molecule has 0 heterocycles.